The Bertz CT molecular complexity index is 598. The number of carbonyl (C=O) groups excluding carboxylic acids is 2. The van der Waals surface area contributed by atoms with E-state index in [9.17, 15) is 9.59 Å². The van der Waals surface area contributed by atoms with Crippen LogP contribution in [0, 0.1) is 0 Å². The third-order valence-electron chi connectivity index (χ3n) is 3.55. The van der Waals surface area contributed by atoms with Crippen molar-refractivity contribution in [3.8, 4) is 0 Å². The molecular weight excluding hydrogens is 284 g/mol. The fraction of sp³-hybridized carbons (Fsp3) is 0.438. The Morgan fingerprint density at radius 1 is 1.50 bits per heavy atom. The van der Waals surface area contributed by atoms with Gasteiger partial charge in [0.15, 0.2) is 5.94 Å². The second kappa shape index (κ2) is 7.64. The van der Waals surface area contributed by atoms with Gasteiger partial charge >= 0.3 is 0 Å². The molecule has 1 aliphatic rings. The fourth-order valence-corrected chi connectivity index (χ4v) is 2.58. The molecule has 0 spiro atoms. The van der Waals surface area contributed by atoms with Crippen LogP contribution >= 0.6 is 0 Å². The molecule has 1 aromatic heterocycles. The van der Waals surface area contributed by atoms with E-state index in [0.29, 0.717) is 5.57 Å². The quantitative estimate of drug-likeness (QED) is 0.459. The molecule has 0 bridgehead atoms. The number of hydrogen-bond donors (Lipinski definition) is 2. The highest BCUT2D eigenvalue weighted by Crippen LogP contribution is 2.37. The van der Waals surface area contributed by atoms with Gasteiger partial charge in [-0.15, -0.1) is 0 Å². The molecule has 1 unspecified atom stereocenters. The lowest BCUT2D eigenvalue weighted by Crippen LogP contribution is -2.24. The summed E-state index contributed by atoms with van der Waals surface area (Å²) in [6.45, 7) is 2.12. The van der Waals surface area contributed by atoms with Gasteiger partial charge in [-0.25, -0.2) is 10.3 Å². The topological polar surface area (TPSA) is 80.4 Å². The van der Waals surface area contributed by atoms with Gasteiger partial charge in [0.2, 0.25) is 5.76 Å². The fourth-order valence-electron chi connectivity index (χ4n) is 2.58. The Morgan fingerprint density at radius 3 is 2.91 bits per heavy atom. The molecule has 0 fully saturated rings. The molecule has 1 atom stereocenters. The van der Waals surface area contributed by atoms with Gasteiger partial charge in [0, 0.05) is 17.5 Å². The number of rotatable bonds is 7. The predicted molar refractivity (Wildman–Crippen MR) is 81.1 cm³/mol. The first-order valence-corrected chi connectivity index (χ1v) is 7.36. The van der Waals surface area contributed by atoms with Crippen LogP contribution in [-0.4, -0.2) is 30.0 Å². The smallest absolute Gasteiger partial charge is 0.279 e. The van der Waals surface area contributed by atoms with Crippen molar-refractivity contribution in [3.63, 3.8) is 0 Å². The SMILES string of the molecule is CCCCCC1OC(=C=O)C(C(=O)NOC)=C1c1ccc[nH]1. The number of unbranched alkanes of at least 4 members (excludes halogenated alkanes) is 2. The summed E-state index contributed by atoms with van der Waals surface area (Å²) in [5, 5.41) is 0. The maximum atomic E-state index is 12.2. The van der Waals surface area contributed by atoms with Crippen LogP contribution in [0.1, 0.15) is 38.3 Å². The van der Waals surface area contributed by atoms with E-state index in [0.717, 1.165) is 31.4 Å². The molecule has 0 saturated heterocycles. The van der Waals surface area contributed by atoms with Crippen molar-refractivity contribution >= 4 is 17.4 Å². The molecule has 1 amide bonds. The molecule has 0 aromatic carbocycles. The van der Waals surface area contributed by atoms with E-state index in [1.807, 2.05) is 12.1 Å². The molecule has 22 heavy (non-hydrogen) atoms. The monoisotopic (exact) mass is 304 g/mol. The molecule has 2 heterocycles. The van der Waals surface area contributed by atoms with Crippen molar-refractivity contribution in [2.45, 2.75) is 38.7 Å². The van der Waals surface area contributed by atoms with Crippen molar-refractivity contribution in [3.05, 3.63) is 35.4 Å². The third kappa shape index (κ3) is 3.30. The number of hydroxylamine groups is 1. The third-order valence-corrected chi connectivity index (χ3v) is 3.55. The van der Waals surface area contributed by atoms with Crippen LogP contribution in [0.15, 0.2) is 29.7 Å². The standard InChI is InChI=1S/C16H20N2O4/c1-3-4-5-8-12-14(11-7-6-9-17-11)15(13(10-19)22-12)16(20)18-21-2/h6-7,9,12,17H,3-5,8H2,1-2H3,(H,18,20). The molecule has 0 radical (unpaired) electrons. The molecule has 0 aliphatic carbocycles. The molecule has 2 N–H and O–H groups in total. The predicted octanol–water partition coefficient (Wildman–Crippen LogP) is 2.14. The van der Waals surface area contributed by atoms with Crippen molar-refractivity contribution < 1.29 is 19.2 Å². The zero-order valence-corrected chi connectivity index (χ0v) is 12.8. The van der Waals surface area contributed by atoms with E-state index >= 15 is 0 Å². The summed E-state index contributed by atoms with van der Waals surface area (Å²) < 4.78 is 5.66. The van der Waals surface area contributed by atoms with E-state index in [2.05, 4.69) is 22.2 Å². The van der Waals surface area contributed by atoms with Crippen molar-refractivity contribution in [1.29, 1.82) is 0 Å². The van der Waals surface area contributed by atoms with Crippen molar-refractivity contribution in [2.24, 2.45) is 0 Å². The molecule has 0 saturated carbocycles. The zero-order valence-electron chi connectivity index (χ0n) is 12.8. The van der Waals surface area contributed by atoms with E-state index in [-0.39, 0.29) is 17.4 Å². The molecule has 2 rings (SSSR count). The number of aromatic amines is 1. The van der Waals surface area contributed by atoms with Crippen LogP contribution < -0.4 is 5.48 Å². The molecular formula is C16H20N2O4. The lowest BCUT2D eigenvalue weighted by atomic mass is 9.97. The summed E-state index contributed by atoms with van der Waals surface area (Å²) in [4.78, 5) is 31.1. The number of ether oxygens (including phenoxy) is 1. The van der Waals surface area contributed by atoms with Gasteiger partial charge in [0.25, 0.3) is 5.91 Å². The summed E-state index contributed by atoms with van der Waals surface area (Å²) in [6.07, 6.45) is 5.27. The van der Waals surface area contributed by atoms with Crippen LogP contribution in [0.4, 0.5) is 0 Å². The van der Waals surface area contributed by atoms with E-state index in [4.69, 9.17) is 4.74 Å². The molecule has 118 valence electrons. The normalized spacial score (nSPS) is 17.4. The lowest BCUT2D eigenvalue weighted by Gasteiger charge is -2.13. The molecule has 6 heteroatoms. The summed E-state index contributed by atoms with van der Waals surface area (Å²) in [5.41, 5.74) is 3.85. The number of carbonyl (C=O) groups is 1. The van der Waals surface area contributed by atoms with Crippen LogP contribution in [0.3, 0.4) is 0 Å². The Balaban J connectivity index is 2.40. The molecule has 6 nitrogen and oxygen atoms in total. The summed E-state index contributed by atoms with van der Waals surface area (Å²) in [5.74, 6) is 1.14. The van der Waals surface area contributed by atoms with Crippen LogP contribution in [0.2, 0.25) is 0 Å². The number of aromatic nitrogens is 1. The Kier molecular flexibility index (Phi) is 5.58. The first-order valence-electron chi connectivity index (χ1n) is 7.36. The highest BCUT2D eigenvalue weighted by Gasteiger charge is 2.37. The van der Waals surface area contributed by atoms with E-state index < -0.39 is 5.91 Å². The maximum Gasteiger partial charge on any atom is 0.279 e. The van der Waals surface area contributed by atoms with Crippen molar-refractivity contribution in [1.82, 2.24) is 10.5 Å². The largest absolute Gasteiger partial charge is 0.474 e. The van der Waals surface area contributed by atoms with Crippen LogP contribution in [0.5, 0.6) is 0 Å². The van der Waals surface area contributed by atoms with Gasteiger partial charge in [-0.2, -0.15) is 0 Å². The Hall–Kier alpha value is -2.30. The summed E-state index contributed by atoms with van der Waals surface area (Å²) in [6, 6.07) is 3.68. The van der Waals surface area contributed by atoms with Gasteiger partial charge in [-0.3, -0.25) is 9.63 Å². The number of hydrogen-bond acceptors (Lipinski definition) is 4. The van der Waals surface area contributed by atoms with Crippen LogP contribution in [0.25, 0.3) is 5.57 Å². The minimum absolute atomic E-state index is 0.0688. The average Bonchev–Trinajstić information content (AvgIpc) is 3.14. The van der Waals surface area contributed by atoms with Crippen molar-refractivity contribution in [2.75, 3.05) is 7.11 Å². The minimum Gasteiger partial charge on any atom is -0.474 e. The van der Waals surface area contributed by atoms with Gasteiger partial charge < -0.3 is 9.72 Å². The molecule has 1 aliphatic heterocycles. The van der Waals surface area contributed by atoms with Gasteiger partial charge in [0.1, 0.15) is 11.7 Å². The highest BCUT2D eigenvalue weighted by atomic mass is 16.6. The second-order valence-electron chi connectivity index (χ2n) is 5.04. The van der Waals surface area contributed by atoms with E-state index in [1.54, 1.807) is 12.1 Å². The van der Waals surface area contributed by atoms with Crippen LogP contribution in [-0.2, 0) is 19.2 Å². The number of nitrogens with one attached hydrogen (secondary N) is 2. The zero-order chi connectivity index (χ0) is 15.9. The number of amides is 1. The van der Waals surface area contributed by atoms with Gasteiger partial charge in [-0.1, -0.05) is 19.8 Å². The Labute approximate surface area is 129 Å². The first kappa shape index (κ1) is 16.1. The van der Waals surface area contributed by atoms with Gasteiger partial charge in [0.05, 0.1) is 7.11 Å². The number of H-pyrrole nitrogens is 1. The Morgan fingerprint density at radius 2 is 2.32 bits per heavy atom. The summed E-state index contributed by atoms with van der Waals surface area (Å²) >= 11 is 0. The lowest BCUT2D eigenvalue weighted by molar-refractivity contribution is -0.127. The first-order chi connectivity index (χ1) is 10.7. The summed E-state index contributed by atoms with van der Waals surface area (Å²) in [7, 11) is 1.34. The second-order valence-corrected chi connectivity index (χ2v) is 5.04. The minimum atomic E-state index is -0.511. The molecule has 1 aromatic rings. The maximum absolute atomic E-state index is 12.2. The van der Waals surface area contributed by atoms with Gasteiger partial charge in [-0.05, 0) is 25.0 Å². The highest BCUT2D eigenvalue weighted by molar-refractivity contribution is 6.08. The average molecular weight is 304 g/mol. The van der Waals surface area contributed by atoms with E-state index in [1.165, 1.54) is 7.11 Å².